The van der Waals surface area contributed by atoms with Gasteiger partial charge in [0.1, 0.15) is 0 Å². The fraction of sp³-hybridized carbons (Fsp3) is 0.400. The first-order chi connectivity index (χ1) is 7.63. The molecule has 0 aliphatic heterocycles. The van der Waals surface area contributed by atoms with Crippen molar-refractivity contribution in [2.75, 3.05) is 12.8 Å². The first-order valence-corrected chi connectivity index (χ1v) is 4.96. The second kappa shape index (κ2) is 3.88. The lowest BCUT2D eigenvalue weighted by Gasteiger charge is -2.09. The number of methoxy groups -OCH3 is 1. The number of hydrogen-bond acceptors (Lipinski definition) is 5. The van der Waals surface area contributed by atoms with Crippen LogP contribution in [0, 0.1) is 0 Å². The van der Waals surface area contributed by atoms with Gasteiger partial charge in [0, 0.05) is 12.4 Å². The van der Waals surface area contributed by atoms with Gasteiger partial charge in [-0.05, 0) is 13.8 Å². The van der Waals surface area contributed by atoms with Crippen LogP contribution < -0.4 is 15.2 Å². The maximum Gasteiger partial charge on any atom is 0.278 e. The van der Waals surface area contributed by atoms with E-state index < -0.39 is 0 Å². The maximum absolute atomic E-state index is 5.72. The van der Waals surface area contributed by atoms with E-state index in [1.165, 1.54) is 0 Å². The van der Waals surface area contributed by atoms with Gasteiger partial charge in [0.2, 0.25) is 0 Å². The van der Waals surface area contributed by atoms with Crippen molar-refractivity contribution in [2.24, 2.45) is 0 Å². The Morgan fingerprint density at radius 1 is 1.44 bits per heavy atom. The molecule has 0 aromatic carbocycles. The van der Waals surface area contributed by atoms with Gasteiger partial charge in [-0.25, -0.2) is 4.98 Å². The molecule has 0 unspecified atom stereocenters. The van der Waals surface area contributed by atoms with Crippen molar-refractivity contribution in [3.63, 3.8) is 0 Å². The van der Waals surface area contributed by atoms with Crippen LogP contribution in [0.15, 0.2) is 12.4 Å². The molecule has 2 heterocycles. The summed E-state index contributed by atoms with van der Waals surface area (Å²) in [6, 6.07) is 0. The maximum atomic E-state index is 5.72. The highest BCUT2D eigenvalue weighted by Crippen LogP contribution is 2.29. The van der Waals surface area contributed by atoms with Crippen LogP contribution in [0.2, 0.25) is 0 Å². The first-order valence-electron chi connectivity index (χ1n) is 4.96. The van der Waals surface area contributed by atoms with Crippen LogP contribution in [-0.4, -0.2) is 27.6 Å². The van der Waals surface area contributed by atoms with Crippen molar-refractivity contribution in [1.82, 2.24) is 14.4 Å². The Kier molecular flexibility index (Phi) is 2.55. The molecule has 2 aromatic heterocycles. The number of nitrogens with two attached hydrogens (primary N) is 1. The molecule has 16 heavy (non-hydrogen) atoms. The zero-order valence-electron chi connectivity index (χ0n) is 9.47. The highest BCUT2D eigenvalue weighted by molar-refractivity contribution is 5.63. The van der Waals surface area contributed by atoms with Crippen molar-refractivity contribution < 1.29 is 9.47 Å². The molecule has 0 fully saturated rings. The molecule has 0 saturated carbocycles. The second-order valence-electron chi connectivity index (χ2n) is 3.60. The van der Waals surface area contributed by atoms with Crippen LogP contribution in [0.4, 0.5) is 5.82 Å². The van der Waals surface area contributed by atoms with Crippen LogP contribution in [-0.2, 0) is 0 Å². The van der Waals surface area contributed by atoms with Crippen molar-refractivity contribution in [3.8, 4) is 11.8 Å². The van der Waals surface area contributed by atoms with Gasteiger partial charge >= 0.3 is 0 Å². The Balaban J connectivity index is 2.64. The zero-order chi connectivity index (χ0) is 11.7. The number of nitrogen functional groups attached to an aromatic ring is 1. The number of hydrogen-bond donors (Lipinski definition) is 1. The molecule has 0 aliphatic rings. The molecular weight excluding hydrogens is 208 g/mol. The van der Waals surface area contributed by atoms with E-state index in [0.717, 1.165) is 0 Å². The molecule has 6 nitrogen and oxygen atoms in total. The van der Waals surface area contributed by atoms with E-state index in [-0.39, 0.29) is 6.10 Å². The summed E-state index contributed by atoms with van der Waals surface area (Å²) < 4.78 is 12.5. The number of ether oxygens (including phenoxy) is 2. The van der Waals surface area contributed by atoms with Gasteiger partial charge in [0.15, 0.2) is 11.5 Å². The van der Waals surface area contributed by atoms with Crippen LogP contribution in [0.5, 0.6) is 11.8 Å². The minimum Gasteiger partial charge on any atom is -0.477 e. The molecule has 2 rings (SSSR count). The lowest BCUT2D eigenvalue weighted by molar-refractivity contribution is 0.217. The normalized spacial score (nSPS) is 11.0. The molecule has 0 aliphatic carbocycles. The van der Waals surface area contributed by atoms with Gasteiger partial charge in [-0.2, -0.15) is 4.98 Å². The van der Waals surface area contributed by atoms with E-state index in [1.807, 2.05) is 13.8 Å². The summed E-state index contributed by atoms with van der Waals surface area (Å²) >= 11 is 0. The lowest BCUT2D eigenvalue weighted by atomic mass is 10.5. The monoisotopic (exact) mass is 222 g/mol. The van der Waals surface area contributed by atoms with Gasteiger partial charge in [0.25, 0.3) is 11.8 Å². The van der Waals surface area contributed by atoms with Crippen LogP contribution in [0.1, 0.15) is 13.8 Å². The van der Waals surface area contributed by atoms with Gasteiger partial charge in [-0.15, -0.1) is 0 Å². The Labute approximate surface area is 93.0 Å². The molecule has 86 valence electrons. The van der Waals surface area contributed by atoms with Crippen molar-refractivity contribution in [2.45, 2.75) is 20.0 Å². The molecule has 2 aromatic rings. The standard InChI is InChI=1S/C10H14N4O2/c1-6(2)16-10-9(15-3)13-8-7(11)12-4-5-14(8)10/h4-6H,1-3H3,(H2,11,12). The lowest BCUT2D eigenvalue weighted by Crippen LogP contribution is -2.08. The average Bonchev–Trinajstić information content (AvgIpc) is 2.58. The van der Waals surface area contributed by atoms with E-state index >= 15 is 0 Å². The molecule has 6 heteroatoms. The summed E-state index contributed by atoms with van der Waals surface area (Å²) in [6.07, 6.45) is 3.36. The van der Waals surface area contributed by atoms with Crippen molar-refractivity contribution in [3.05, 3.63) is 12.4 Å². The molecular formula is C10H14N4O2. The number of aromatic nitrogens is 3. The Morgan fingerprint density at radius 3 is 2.81 bits per heavy atom. The summed E-state index contributed by atoms with van der Waals surface area (Å²) in [6.45, 7) is 3.87. The van der Waals surface area contributed by atoms with E-state index in [4.69, 9.17) is 15.2 Å². The quantitative estimate of drug-likeness (QED) is 0.841. The van der Waals surface area contributed by atoms with E-state index in [1.54, 1.807) is 23.9 Å². The van der Waals surface area contributed by atoms with Crippen LogP contribution >= 0.6 is 0 Å². The smallest absolute Gasteiger partial charge is 0.278 e. The topological polar surface area (TPSA) is 74.7 Å². The Hall–Kier alpha value is -1.98. The largest absolute Gasteiger partial charge is 0.477 e. The number of anilines is 1. The predicted molar refractivity (Wildman–Crippen MR) is 59.7 cm³/mol. The fourth-order valence-corrected chi connectivity index (χ4v) is 1.42. The SMILES string of the molecule is COc1nc2c(N)nccn2c1OC(C)C. The molecule has 0 radical (unpaired) electrons. The van der Waals surface area contributed by atoms with E-state index in [0.29, 0.717) is 23.2 Å². The Morgan fingerprint density at radius 2 is 2.19 bits per heavy atom. The van der Waals surface area contributed by atoms with Crippen LogP contribution in [0.25, 0.3) is 5.65 Å². The fourth-order valence-electron chi connectivity index (χ4n) is 1.42. The van der Waals surface area contributed by atoms with Crippen LogP contribution in [0.3, 0.4) is 0 Å². The molecule has 0 bridgehead atoms. The summed E-state index contributed by atoms with van der Waals surface area (Å²) in [5.74, 6) is 1.30. The highest BCUT2D eigenvalue weighted by Gasteiger charge is 2.17. The summed E-state index contributed by atoms with van der Waals surface area (Å²) in [7, 11) is 1.54. The molecule has 0 spiro atoms. The summed E-state index contributed by atoms with van der Waals surface area (Å²) in [4.78, 5) is 8.17. The molecule has 2 N–H and O–H groups in total. The third-order valence-corrected chi connectivity index (χ3v) is 2.04. The molecule has 0 saturated heterocycles. The van der Waals surface area contributed by atoms with Crippen molar-refractivity contribution >= 4 is 11.5 Å². The summed E-state index contributed by atoms with van der Waals surface area (Å²) in [5.41, 5.74) is 6.26. The average molecular weight is 222 g/mol. The number of rotatable bonds is 3. The van der Waals surface area contributed by atoms with Gasteiger partial charge in [0.05, 0.1) is 13.2 Å². The van der Waals surface area contributed by atoms with Gasteiger partial charge < -0.3 is 15.2 Å². The number of nitrogens with zero attached hydrogens (tertiary/aromatic N) is 3. The second-order valence-corrected chi connectivity index (χ2v) is 3.60. The predicted octanol–water partition coefficient (Wildman–Crippen LogP) is 1.11. The van der Waals surface area contributed by atoms with Gasteiger partial charge in [-0.3, -0.25) is 4.40 Å². The first kappa shape index (κ1) is 10.5. The van der Waals surface area contributed by atoms with Crippen molar-refractivity contribution in [1.29, 1.82) is 0 Å². The minimum absolute atomic E-state index is 0.0307. The van der Waals surface area contributed by atoms with E-state index in [9.17, 15) is 0 Å². The summed E-state index contributed by atoms with van der Waals surface area (Å²) in [5, 5.41) is 0. The molecule has 0 atom stereocenters. The third kappa shape index (κ3) is 1.62. The molecule has 0 amide bonds. The minimum atomic E-state index is 0.0307. The third-order valence-electron chi connectivity index (χ3n) is 2.04. The number of imidazole rings is 1. The Bertz CT molecular complexity index is 507. The highest BCUT2D eigenvalue weighted by atomic mass is 16.5. The number of fused-ring (bicyclic) bond motifs is 1. The zero-order valence-corrected chi connectivity index (χ0v) is 9.47. The van der Waals surface area contributed by atoms with Gasteiger partial charge in [-0.1, -0.05) is 0 Å². The van der Waals surface area contributed by atoms with E-state index in [2.05, 4.69) is 9.97 Å².